The summed E-state index contributed by atoms with van der Waals surface area (Å²) >= 11 is 1.57. The number of thiophene rings is 1. The second-order valence-electron chi connectivity index (χ2n) is 6.84. The minimum Gasteiger partial charge on any atom is -0.338 e. The van der Waals surface area contributed by atoms with Crippen molar-refractivity contribution in [3.63, 3.8) is 0 Å². The molecule has 10 heteroatoms. The lowest BCUT2D eigenvalue weighted by atomic mass is 10.2. The van der Waals surface area contributed by atoms with E-state index in [1.807, 2.05) is 24.4 Å². The van der Waals surface area contributed by atoms with Gasteiger partial charge in [0.1, 0.15) is 5.69 Å². The Hall–Kier alpha value is -2.85. The summed E-state index contributed by atoms with van der Waals surface area (Å²) in [4.78, 5) is 33.9. The molecule has 0 atom stereocenters. The molecule has 3 aromatic rings. The number of piperazine rings is 1. The summed E-state index contributed by atoms with van der Waals surface area (Å²) in [7, 11) is 0. The largest absolute Gasteiger partial charge is 0.338 e. The molecule has 152 valence electrons. The fraction of sp³-hybridized carbons (Fsp3) is 0.421. The lowest BCUT2D eigenvalue weighted by Crippen LogP contribution is -2.48. The van der Waals surface area contributed by atoms with E-state index in [1.54, 1.807) is 16.2 Å². The Bertz CT molecular complexity index is 1020. The summed E-state index contributed by atoms with van der Waals surface area (Å²) < 4.78 is 6.71. The van der Waals surface area contributed by atoms with E-state index in [1.165, 1.54) is 16.8 Å². The molecule has 0 bridgehead atoms. The number of carbonyl (C=O) groups excluding carboxylic acids is 1. The maximum atomic E-state index is 12.8. The molecule has 0 aliphatic carbocycles. The Morgan fingerprint density at radius 3 is 2.76 bits per heavy atom. The highest BCUT2D eigenvalue weighted by atomic mass is 32.1. The van der Waals surface area contributed by atoms with Crippen molar-refractivity contribution in [2.75, 3.05) is 26.2 Å². The van der Waals surface area contributed by atoms with Crippen molar-refractivity contribution in [3.05, 3.63) is 51.6 Å². The van der Waals surface area contributed by atoms with E-state index < -0.39 is 0 Å². The van der Waals surface area contributed by atoms with Gasteiger partial charge < -0.3 is 9.42 Å². The second-order valence-corrected chi connectivity index (χ2v) is 7.79. The van der Waals surface area contributed by atoms with Gasteiger partial charge in [0, 0.05) is 38.8 Å². The van der Waals surface area contributed by atoms with Crippen molar-refractivity contribution in [2.45, 2.75) is 26.4 Å². The molecule has 1 aliphatic rings. The van der Waals surface area contributed by atoms with Crippen LogP contribution in [-0.2, 0) is 13.1 Å². The average Bonchev–Trinajstić information content (AvgIpc) is 3.42. The number of rotatable bonds is 6. The molecule has 1 saturated heterocycles. The lowest BCUT2D eigenvalue weighted by Gasteiger charge is -2.33. The Balaban J connectivity index is 1.34. The van der Waals surface area contributed by atoms with Crippen LogP contribution >= 0.6 is 11.3 Å². The first kappa shape index (κ1) is 19.5. The van der Waals surface area contributed by atoms with E-state index >= 15 is 0 Å². The summed E-state index contributed by atoms with van der Waals surface area (Å²) in [5.74, 6) is 1.03. The lowest BCUT2D eigenvalue weighted by molar-refractivity contribution is 0.0606. The minimum absolute atomic E-state index is 0.146. The monoisotopic (exact) mass is 414 g/mol. The molecule has 0 radical (unpaired) electrons. The normalized spacial score (nSPS) is 15.0. The fourth-order valence-corrected chi connectivity index (χ4v) is 3.87. The first-order valence-electron chi connectivity index (χ1n) is 9.60. The SMILES string of the molecule is CCCn1nc(C(=O)N2CCN(Cc3nc(-c4cccs4)no3)CC2)ccc1=O. The summed E-state index contributed by atoms with van der Waals surface area (Å²) in [5.41, 5.74) is 0.124. The van der Waals surface area contributed by atoms with Crippen LogP contribution in [0.25, 0.3) is 10.7 Å². The zero-order valence-corrected chi connectivity index (χ0v) is 17.0. The quantitative estimate of drug-likeness (QED) is 0.606. The highest BCUT2D eigenvalue weighted by Crippen LogP contribution is 2.21. The van der Waals surface area contributed by atoms with Gasteiger partial charge in [0.15, 0.2) is 0 Å². The van der Waals surface area contributed by atoms with Gasteiger partial charge in [-0.15, -0.1) is 11.3 Å². The number of hydrogen-bond donors (Lipinski definition) is 0. The molecule has 1 fully saturated rings. The molecule has 9 nitrogen and oxygen atoms in total. The molecule has 1 aliphatic heterocycles. The first-order chi connectivity index (χ1) is 14.1. The van der Waals surface area contributed by atoms with Crippen LogP contribution in [0, 0.1) is 0 Å². The van der Waals surface area contributed by atoms with Crippen molar-refractivity contribution in [1.82, 2.24) is 29.7 Å². The van der Waals surface area contributed by atoms with E-state index in [-0.39, 0.29) is 11.5 Å². The maximum Gasteiger partial charge on any atom is 0.274 e. The molecular weight excluding hydrogens is 392 g/mol. The molecule has 0 saturated carbocycles. The summed E-state index contributed by atoms with van der Waals surface area (Å²) in [6.45, 7) is 5.60. The zero-order chi connectivity index (χ0) is 20.2. The van der Waals surface area contributed by atoms with Crippen molar-refractivity contribution >= 4 is 17.2 Å². The van der Waals surface area contributed by atoms with Gasteiger partial charge in [0.25, 0.3) is 11.5 Å². The molecule has 0 unspecified atom stereocenters. The van der Waals surface area contributed by atoms with Crippen LogP contribution in [0.5, 0.6) is 0 Å². The van der Waals surface area contributed by atoms with Crippen molar-refractivity contribution in [3.8, 4) is 10.7 Å². The van der Waals surface area contributed by atoms with Crippen LogP contribution in [0.1, 0.15) is 29.7 Å². The third-order valence-electron chi connectivity index (χ3n) is 4.75. The van der Waals surface area contributed by atoms with Gasteiger partial charge in [-0.3, -0.25) is 14.5 Å². The Kier molecular flexibility index (Phi) is 5.81. The van der Waals surface area contributed by atoms with E-state index in [0.29, 0.717) is 56.7 Å². The molecule has 3 aromatic heterocycles. The summed E-state index contributed by atoms with van der Waals surface area (Å²) in [5, 5.41) is 10.2. The fourth-order valence-electron chi connectivity index (χ4n) is 3.22. The number of aromatic nitrogens is 4. The summed E-state index contributed by atoms with van der Waals surface area (Å²) in [6.07, 6.45) is 0.785. The van der Waals surface area contributed by atoms with Crippen LogP contribution in [0.3, 0.4) is 0 Å². The second kappa shape index (κ2) is 8.66. The zero-order valence-electron chi connectivity index (χ0n) is 16.2. The molecule has 29 heavy (non-hydrogen) atoms. The van der Waals surface area contributed by atoms with E-state index in [0.717, 1.165) is 11.3 Å². The minimum atomic E-state index is -0.185. The smallest absolute Gasteiger partial charge is 0.274 e. The van der Waals surface area contributed by atoms with Gasteiger partial charge in [0.2, 0.25) is 11.7 Å². The first-order valence-corrected chi connectivity index (χ1v) is 10.5. The Labute approximate surface area is 171 Å². The van der Waals surface area contributed by atoms with Crippen molar-refractivity contribution in [2.24, 2.45) is 0 Å². The Morgan fingerprint density at radius 1 is 1.21 bits per heavy atom. The van der Waals surface area contributed by atoms with Gasteiger partial charge in [-0.05, 0) is 23.9 Å². The predicted octanol–water partition coefficient (Wildman–Crippen LogP) is 1.72. The van der Waals surface area contributed by atoms with Gasteiger partial charge in [0.05, 0.1) is 11.4 Å². The van der Waals surface area contributed by atoms with Gasteiger partial charge in [-0.25, -0.2) is 4.68 Å². The van der Waals surface area contributed by atoms with Crippen LogP contribution < -0.4 is 5.56 Å². The average molecular weight is 414 g/mol. The number of amides is 1. The maximum absolute atomic E-state index is 12.8. The highest BCUT2D eigenvalue weighted by Gasteiger charge is 2.24. The molecule has 1 amide bonds. The predicted molar refractivity (Wildman–Crippen MR) is 108 cm³/mol. The highest BCUT2D eigenvalue weighted by molar-refractivity contribution is 7.13. The van der Waals surface area contributed by atoms with Crippen LogP contribution in [0.4, 0.5) is 0 Å². The van der Waals surface area contributed by atoms with Crippen LogP contribution in [0.2, 0.25) is 0 Å². The molecule has 0 aromatic carbocycles. The van der Waals surface area contributed by atoms with Crippen LogP contribution in [-0.4, -0.2) is 61.8 Å². The number of carbonyl (C=O) groups is 1. The molecular formula is C19H22N6O3S. The molecule has 4 heterocycles. The topological polar surface area (TPSA) is 97.4 Å². The van der Waals surface area contributed by atoms with E-state index in [9.17, 15) is 9.59 Å². The third kappa shape index (κ3) is 4.43. The number of aryl methyl sites for hydroxylation is 1. The van der Waals surface area contributed by atoms with E-state index in [4.69, 9.17) is 4.52 Å². The van der Waals surface area contributed by atoms with Gasteiger partial charge >= 0.3 is 0 Å². The standard InChI is InChI=1S/C19H22N6O3S/c1-2-7-25-17(26)6-5-14(21-25)19(27)24-10-8-23(9-11-24)13-16-20-18(22-28-16)15-4-3-12-29-15/h3-6,12H,2,7-11,13H2,1H3. The molecule has 4 rings (SSSR count). The van der Waals surface area contributed by atoms with E-state index in [2.05, 4.69) is 20.1 Å². The number of nitrogens with zero attached hydrogens (tertiary/aromatic N) is 6. The van der Waals surface area contributed by atoms with Gasteiger partial charge in [-0.1, -0.05) is 18.1 Å². The Morgan fingerprint density at radius 2 is 2.03 bits per heavy atom. The summed E-state index contributed by atoms with van der Waals surface area (Å²) in [6, 6.07) is 6.83. The molecule has 0 spiro atoms. The molecule has 0 N–H and O–H groups in total. The van der Waals surface area contributed by atoms with Crippen molar-refractivity contribution in [1.29, 1.82) is 0 Å². The third-order valence-corrected chi connectivity index (χ3v) is 5.61. The van der Waals surface area contributed by atoms with Crippen molar-refractivity contribution < 1.29 is 9.32 Å². The number of hydrogen-bond acceptors (Lipinski definition) is 8. The van der Waals surface area contributed by atoms with Gasteiger partial charge in [-0.2, -0.15) is 10.1 Å². The van der Waals surface area contributed by atoms with Crippen LogP contribution in [0.15, 0.2) is 39.0 Å².